The molecule has 5 rings (SSSR count). The first-order valence-corrected chi connectivity index (χ1v) is 10.3. The van der Waals surface area contributed by atoms with Crippen molar-refractivity contribution < 1.29 is 0 Å². The summed E-state index contributed by atoms with van der Waals surface area (Å²) in [5.41, 5.74) is 4.62. The summed E-state index contributed by atoms with van der Waals surface area (Å²) in [6.07, 6.45) is 6.77. The number of aromatic nitrogens is 4. The number of aryl methyl sites for hydroxylation is 1. The van der Waals surface area contributed by atoms with Gasteiger partial charge in [0.2, 0.25) is 0 Å². The fourth-order valence-electron chi connectivity index (χ4n) is 3.50. The second kappa shape index (κ2) is 11.5. The molecule has 9 heteroatoms. The number of aromatic amines is 1. The number of rotatable bonds is 7. The molecule has 0 amide bonds. The predicted octanol–water partition coefficient (Wildman–Crippen LogP) is 6.09. The average molecular weight is 497 g/mol. The van der Waals surface area contributed by atoms with Crippen molar-refractivity contribution >= 4 is 68.9 Å². The van der Waals surface area contributed by atoms with Crippen LogP contribution < -0.4 is 5.32 Å². The van der Waals surface area contributed by atoms with Gasteiger partial charge in [-0.3, -0.25) is 5.10 Å². The minimum atomic E-state index is 0. The first kappa shape index (κ1) is 25.2. The Morgan fingerprint density at radius 2 is 1.81 bits per heavy atom. The lowest BCUT2D eigenvalue weighted by Gasteiger charge is -2.06. The molecule has 2 aromatic carbocycles. The van der Waals surface area contributed by atoms with E-state index in [2.05, 4.69) is 73.6 Å². The van der Waals surface area contributed by atoms with Crippen molar-refractivity contribution in [1.82, 2.24) is 25.1 Å². The summed E-state index contributed by atoms with van der Waals surface area (Å²) < 4.78 is 4.63. The molecule has 0 aliphatic rings. The maximum Gasteiger partial charge on any atom is 0.110 e. The third kappa shape index (κ3) is 5.40. The number of fused-ring (bicyclic) bond motifs is 3. The summed E-state index contributed by atoms with van der Waals surface area (Å²) in [7, 11) is 0. The second-order valence-corrected chi connectivity index (χ2v) is 7.95. The summed E-state index contributed by atoms with van der Waals surface area (Å²) >= 11 is 1.80. The van der Waals surface area contributed by atoms with Gasteiger partial charge in [-0.1, -0.05) is 42.5 Å². The largest absolute Gasteiger partial charge is 0.337 e. The van der Waals surface area contributed by atoms with Gasteiger partial charge in [0, 0.05) is 41.1 Å². The lowest BCUT2D eigenvalue weighted by atomic mass is 10.1. The Morgan fingerprint density at radius 1 is 1.00 bits per heavy atom. The van der Waals surface area contributed by atoms with E-state index in [9.17, 15) is 0 Å². The van der Waals surface area contributed by atoms with E-state index in [1.807, 2.05) is 18.7 Å². The molecule has 5 nitrogen and oxygen atoms in total. The van der Waals surface area contributed by atoms with Gasteiger partial charge in [-0.15, -0.1) is 48.6 Å². The summed E-state index contributed by atoms with van der Waals surface area (Å²) in [5.74, 6) is 0. The molecule has 0 saturated carbocycles. The third-order valence-electron chi connectivity index (χ3n) is 4.98. The minimum Gasteiger partial charge on any atom is -0.337 e. The fraction of sp³-hybridized carbons (Fsp3) is 0.182. The molecule has 0 bridgehead atoms. The Morgan fingerprint density at radius 3 is 2.58 bits per heavy atom. The molecule has 0 radical (unpaired) electrons. The van der Waals surface area contributed by atoms with Crippen molar-refractivity contribution in [3.63, 3.8) is 0 Å². The Kier molecular flexibility index (Phi) is 9.34. The standard InChI is InChI=1S/C22H21N5S.3ClH/c1-2-5-19-18(4-1)21-22(28-19)20(25-26-21)17-8-6-16(7-9-17)14-23-10-3-12-27-13-11-24-15-27;;;/h1-2,4-9,11,13,15,23H,3,10,12,14H2,(H,25,26);3*1H. The van der Waals surface area contributed by atoms with Crippen LogP contribution in [0.3, 0.4) is 0 Å². The summed E-state index contributed by atoms with van der Waals surface area (Å²) in [4.78, 5) is 4.07. The number of hydrogen-bond donors (Lipinski definition) is 2. The zero-order chi connectivity index (χ0) is 18.8. The van der Waals surface area contributed by atoms with Gasteiger partial charge in [0.15, 0.2) is 0 Å². The van der Waals surface area contributed by atoms with Gasteiger partial charge in [-0.2, -0.15) is 5.10 Å². The molecule has 2 N–H and O–H groups in total. The molecule has 164 valence electrons. The van der Waals surface area contributed by atoms with Crippen LogP contribution in [-0.2, 0) is 13.1 Å². The molecule has 31 heavy (non-hydrogen) atoms. The summed E-state index contributed by atoms with van der Waals surface area (Å²) in [5, 5.41) is 12.6. The van der Waals surface area contributed by atoms with E-state index in [4.69, 9.17) is 0 Å². The van der Waals surface area contributed by atoms with Crippen LogP contribution >= 0.6 is 48.6 Å². The van der Waals surface area contributed by atoms with Crippen LogP contribution in [-0.4, -0.2) is 26.3 Å². The van der Waals surface area contributed by atoms with Gasteiger partial charge >= 0.3 is 0 Å². The number of halogens is 3. The van der Waals surface area contributed by atoms with E-state index in [-0.39, 0.29) is 37.2 Å². The van der Waals surface area contributed by atoms with Gasteiger partial charge in [0.1, 0.15) is 5.69 Å². The quantitative estimate of drug-likeness (QED) is 0.268. The van der Waals surface area contributed by atoms with Crippen LogP contribution in [0.1, 0.15) is 12.0 Å². The Labute approximate surface area is 203 Å². The molecule has 0 fully saturated rings. The second-order valence-electron chi connectivity index (χ2n) is 6.90. The van der Waals surface area contributed by atoms with Crippen molar-refractivity contribution in [3.05, 3.63) is 72.8 Å². The molecular weight excluding hydrogens is 473 g/mol. The molecule has 0 atom stereocenters. The van der Waals surface area contributed by atoms with Gasteiger partial charge in [-0.05, 0) is 24.6 Å². The maximum absolute atomic E-state index is 4.58. The number of imidazole rings is 1. The van der Waals surface area contributed by atoms with Crippen molar-refractivity contribution in [2.75, 3.05) is 6.54 Å². The summed E-state index contributed by atoms with van der Waals surface area (Å²) in [6, 6.07) is 17.2. The third-order valence-corrected chi connectivity index (χ3v) is 6.15. The molecule has 0 saturated heterocycles. The number of thiophene rings is 1. The number of nitrogens with one attached hydrogen (secondary N) is 2. The highest BCUT2D eigenvalue weighted by atomic mass is 35.5. The molecule has 0 unspecified atom stereocenters. The maximum atomic E-state index is 4.58. The monoisotopic (exact) mass is 495 g/mol. The van der Waals surface area contributed by atoms with Crippen molar-refractivity contribution in [3.8, 4) is 11.3 Å². The first-order chi connectivity index (χ1) is 13.9. The minimum absolute atomic E-state index is 0. The van der Waals surface area contributed by atoms with Gasteiger partial charge < -0.3 is 9.88 Å². The zero-order valence-corrected chi connectivity index (χ0v) is 19.9. The van der Waals surface area contributed by atoms with E-state index in [0.717, 1.165) is 42.8 Å². The first-order valence-electron chi connectivity index (χ1n) is 9.50. The number of benzene rings is 2. The smallest absolute Gasteiger partial charge is 0.110 e. The lowest BCUT2D eigenvalue weighted by molar-refractivity contribution is 0.581. The lowest BCUT2D eigenvalue weighted by Crippen LogP contribution is -2.16. The SMILES string of the molecule is Cl.Cl.Cl.c1ccc2c(c1)sc1c(-c3ccc(CNCCCn4ccnc4)cc3)n[nH]c12. The number of hydrogen-bond acceptors (Lipinski definition) is 4. The molecule has 3 aromatic heterocycles. The average Bonchev–Trinajstić information content (AvgIpc) is 3.45. The van der Waals surface area contributed by atoms with Gasteiger partial charge in [-0.25, -0.2) is 4.98 Å². The van der Waals surface area contributed by atoms with Crippen molar-refractivity contribution in [1.29, 1.82) is 0 Å². The van der Waals surface area contributed by atoms with Gasteiger partial charge in [0.05, 0.1) is 16.5 Å². The van der Waals surface area contributed by atoms with Crippen molar-refractivity contribution in [2.45, 2.75) is 19.5 Å². The van der Waals surface area contributed by atoms with Gasteiger partial charge in [0.25, 0.3) is 0 Å². The van der Waals surface area contributed by atoms with Crippen LogP contribution in [0.25, 0.3) is 31.6 Å². The molecule has 5 aromatic rings. The molecule has 3 heterocycles. The summed E-state index contributed by atoms with van der Waals surface area (Å²) in [6.45, 7) is 2.86. The van der Waals surface area contributed by atoms with Crippen LogP contribution in [0.5, 0.6) is 0 Å². The topological polar surface area (TPSA) is 58.5 Å². The zero-order valence-electron chi connectivity index (χ0n) is 16.7. The fourth-order valence-corrected chi connectivity index (χ4v) is 4.66. The number of nitrogens with zero attached hydrogens (tertiary/aromatic N) is 3. The Hall–Kier alpha value is -2.09. The highest BCUT2D eigenvalue weighted by molar-refractivity contribution is 7.26. The number of H-pyrrole nitrogens is 1. The van der Waals surface area contributed by atoms with Crippen molar-refractivity contribution in [2.24, 2.45) is 0 Å². The van der Waals surface area contributed by atoms with E-state index in [0.29, 0.717) is 0 Å². The van der Waals surface area contributed by atoms with E-state index in [1.54, 1.807) is 11.3 Å². The predicted molar refractivity (Wildman–Crippen MR) is 137 cm³/mol. The van der Waals surface area contributed by atoms with Crippen LogP contribution in [0.2, 0.25) is 0 Å². The van der Waals surface area contributed by atoms with Crippen LogP contribution in [0.4, 0.5) is 0 Å². The van der Waals surface area contributed by atoms with E-state index >= 15 is 0 Å². The van der Waals surface area contributed by atoms with Crippen LogP contribution in [0.15, 0.2) is 67.3 Å². The van der Waals surface area contributed by atoms with E-state index < -0.39 is 0 Å². The Bertz CT molecular complexity index is 1200. The molecular formula is C22H24Cl3N5S. The highest BCUT2D eigenvalue weighted by Gasteiger charge is 2.13. The molecule has 0 spiro atoms. The molecule has 0 aliphatic heterocycles. The Balaban J connectivity index is 0.00000114. The normalized spacial score (nSPS) is 10.5. The molecule has 0 aliphatic carbocycles. The van der Waals surface area contributed by atoms with Crippen LogP contribution in [0, 0.1) is 0 Å². The highest BCUT2D eigenvalue weighted by Crippen LogP contribution is 2.38. The van der Waals surface area contributed by atoms with E-state index in [1.165, 1.54) is 20.3 Å².